The first kappa shape index (κ1) is 12.2. The molecule has 0 saturated heterocycles. The zero-order valence-corrected chi connectivity index (χ0v) is 11.5. The summed E-state index contributed by atoms with van der Waals surface area (Å²) in [5.41, 5.74) is 3.96. The minimum Gasteiger partial charge on any atom is -0.366 e. The third kappa shape index (κ3) is 2.36. The van der Waals surface area contributed by atoms with Crippen molar-refractivity contribution in [1.82, 2.24) is 4.90 Å². The Morgan fingerprint density at radius 1 is 1.00 bits per heavy atom. The minimum atomic E-state index is 0.260. The summed E-state index contributed by atoms with van der Waals surface area (Å²) < 4.78 is 0. The fourth-order valence-corrected chi connectivity index (χ4v) is 2.71. The second-order valence-electron chi connectivity index (χ2n) is 5.38. The maximum Gasteiger partial charge on any atom is 0.106 e. The van der Waals surface area contributed by atoms with Gasteiger partial charge in [0.15, 0.2) is 0 Å². The van der Waals surface area contributed by atoms with Gasteiger partial charge in [-0.1, -0.05) is 48.5 Å². The van der Waals surface area contributed by atoms with Crippen LogP contribution < -0.4 is 5.32 Å². The van der Waals surface area contributed by atoms with E-state index in [9.17, 15) is 0 Å². The average Bonchev–Trinajstić information content (AvgIpc) is 2.46. The lowest BCUT2D eigenvalue weighted by molar-refractivity contribution is 0.153. The van der Waals surface area contributed by atoms with Gasteiger partial charge in [0.1, 0.15) is 6.17 Å². The van der Waals surface area contributed by atoms with Crippen LogP contribution in [0.25, 0.3) is 0 Å². The summed E-state index contributed by atoms with van der Waals surface area (Å²) >= 11 is 0. The minimum absolute atomic E-state index is 0.260. The molecular weight excluding hydrogens is 232 g/mol. The Morgan fingerprint density at radius 3 is 2.42 bits per heavy atom. The molecule has 1 N–H and O–H groups in total. The van der Waals surface area contributed by atoms with E-state index in [-0.39, 0.29) is 6.17 Å². The van der Waals surface area contributed by atoms with Crippen molar-refractivity contribution in [2.24, 2.45) is 0 Å². The Bertz CT molecular complexity index is 548. The van der Waals surface area contributed by atoms with Gasteiger partial charge in [-0.3, -0.25) is 4.90 Å². The molecule has 0 radical (unpaired) electrons. The average molecular weight is 252 g/mol. The summed E-state index contributed by atoms with van der Waals surface area (Å²) in [6, 6.07) is 19.8. The van der Waals surface area contributed by atoms with Crippen LogP contribution in [0.4, 0.5) is 5.69 Å². The van der Waals surface area contributed by atoms with Crippen LogP contribution >= 0.6 is 0 Å². The standard InChI is InChI=1S/C17H20N2/c1-13(2)19-12-15-10-6-7-11-16(15)18-17(19)14-8-4-3-5-9-14/h3-11,13,17-18H,12H2,1-2H3. The van der Waals surface area contributed by atoms with Gasteiger partial charge in [-0.25, -0.2) is 0 Å². The van der Waals surface area contributed by atoms with E-state index in [1.807, 2.05) is 0 Å². The van der Waals surface area contributed by atoms with Crippen molar-refractivity contribution in [2.75, 3.05) is 5.32 Å². The highest BCUT2D eigenvalue weighted by atomic mass is 15.3. The van der Waals surface area contributed by atoms with E-state index < -0.39 is 0 Å². The van der Waals surface area contributed by atoms with Crippen LogP contribution in [-0.4, -0.2) is 10.9 Å². The Kier molecular flexibility index (Phi) is 3.26. The molecule has 3 rings (SSSR count). The summed E-state index contributed by atoms with van der Waals surface area (Å²) in [5.74, 6) is 0. The number of para-hydroxylation sites is 1. The van der Waals surface area contributed by atoms with E-state index in [1.165, 1.54) is 16.8 Å². The van der Waals surface area contributed by atoms with Crippen LogP contribution in [0.1, 0.15) is 31.1 Å². The molecule has 1 atom stereocenters. The summed E-state index contributed by atoms with van der Waals surface area (Å²) in [5, 5.41) is 3.67. The van der Waals surface area contributed by atoms with Crippen molar-refractivity contribution in [3.8, 4) is 0 Å². The van der Waals surface area contributed by atoms with E-state index >= 15 is 0 Å². The first-order valence-electron chi connectivity index (χ1n) is 6.91. The second kappa shape index (κ2) is 5.06. The molecule has 0 spiro atoms. The van der Waals surface area contributed by atoms with Crippen LogP contribution in [0.15, 0.2) is 54.6 Å². The zero-order valence-electron chi connectivity index (χ0n) is 11.5. The number of anilines is 1. The van der Waals surface area contributed by atoms with Gasteiger partial charge in [-0.15, -0.1) is 0 Å². The Morgan fingerprint density at radius 2 is 1.68 bits per heavy atom. The van der Waals surface area contributed by atoms with Gasteiger partial charge in [-0.05, 0) is 31.0 Å². The molecule has 0 amide bonds. The van der Waals surface area contributed by atoms with Gasteiger partial charge in [0.25, 0.3) is 0 Å². The maximum absolute atomic E-state index is 3.67. The van der Waals surface area contributed by atoms with Crippen molar-refractivity contribution >= 4 is 5.69 Å². The van der Waals surface area contributed by atoms with Crippen molar-refractivity contribution in [3.63, 3.8) is 0 Å². The smallest absolute Gasteiger partial charge is 0.106 e. The topological polar surface area (TPSA) is 15.3 Å². The lowest BCUT2D eigenvalue weighted by Crippen LogP contribution is -2.41. The van der Waals surface area contributed by atoms with Gasteiger partial charge >= 0.3 is 0 Å². The molecule has 98 valence electrons. The molecule has 0 fully saturated rings. The summed E-state index contributed by atoms with van der Waals surface area (Å²) in [4.78, 5) is 2.50. The number of fused-ring (bicyclic) bond motifs is 1. The number of nitrogens with zero attached hydrogens (tertiary/aromatic N) is 1. The molecule has 1 aliphatic rings. The third-order valence-electron chi connectivity index (χ3n) is 3.77. The normalized spacial score (nSPS) is 19.0. The predicted molar refractivity (Wildman–Crippen MR) is 79.9 cm³/mol. The van der Waals surface area contributed by atoms with Gasteiger partial charge in [0, 0.05) is 18.3 Å². The van der Waals surface area contributed by atoms with E-state index in [2.05, 4.69) is 78.7 Å². The number of nitrogens with one attached hydrogen (secondary N) is 1. The van der Waals surface area contributed by atoms with E-state index in [0.717, 1.165) is 6.54 Å². The van der Waals surface area contributed by atoms with E-state index in [1.54, 1.807) is 0 Å². The Balaban J connectivity index is 1.99. The fourth-order valence-electron chi connectivity index (χ4n) is 2.71. The SMILES string of the molecule is CC(C)N1Cc2ccccc2NC1c1ccccc1. The lowest BCUT2D eigenvalue weighted by Gasteiger charge is -2.40. The number of benzene rings is 2. The number of hydrogen-bond acceptors (Lipinski definition) is 2. The molecule has 0 bridgehead atoms. The van der Waals surface area contributed by atoms with Gasteiger partial charge in [0.2, 0.25) is 0 Å². The van der Waals surface area contributed by atoms with Gasteiger partial charge in [-0.2, -0.15) is 0 Å². The van der Waals surface area contributed by atoms with E-state index in [0.29, 0.717) is 6.04 Å². The molecular formula is C17H20N2. The maximum atomic E-state index is 3.67. The van der Waals surface area contributed by atoms with Gasteiger partial charge < -0.3 is 5.32 Å². The largest absolute Gasteiger partial charge is 0.366 e. The molecule has 1 unspecified atom stereocenters. The predicted octanol–water partition coefficient (Wildman–Crippen LogP) is 4.02. The molecule has 1 aliphatic heterocycles. The molecule has 2 aromatic carbocycles. The Labute approximate surface area is 115 Å². The summed E-state index contributed by atoms with van der Waals surface area (Å²) in [7, 11) is 0. The van der Waals surface area contributed by atoms with Crippen LogP contribution in [0.5, 0.6) is 0 Å². The summed E-state index contributed by atoms with van der Waals surface area (Å²) in [6.45, 7) is 5.51. The number of hydrogen-bond donors (Lipinski definition) is 1. The zero-order chi connectivity index (χ0) is 13.2. The van der Waals surface area contributed by atoms with Crippen LogP contribution in [-0.2, 0) is 6.54 Å². The first-order chi connectivity index (χ1) is 9.25. The molecule has 19 heavy (non-hydrogen) atoms. The highest BCUT2D eigenvalue weighted by molar-refractivity contribution is 5.54. The number of rotatable bonds is 2. The highest BCUT2D eigenvalue weighted by Gasteiger charge is 2.27. The van der Waals surface area contributed by atoms with Crippen molar-refractivity contribution in [2.45, 2.75) is 32.6 Å². The van der Waals surface area contributed by atoms with E-state index in [4.69, 9.17) is 0 Å². The molecule has 1 heterocycles. The molecule has 0 saturated carbocycles. The fraction of sp³-hybridized carbons (Fsp3) is 0.294. The summed E-state index contributed by atoms with van der Waals surface area (Å²) in [6.07, 6.45) is 0.260. The molecule has 0 aromatic heterocycles. The molecule has 2 aromatic rings. The first-order valence-corrected chi connectivity index (χ1v) is 6.91. The second-order valence-corrected chi connectivity index (χ2v) is 5.38. The van der Waals surface area contributed by atoms with Crippen molar-refractivity contribution < 1.29 is 0 Å². The quantitative estimate of drug-likeness (QED) is 0.868. The van der Waals surface area contributed by atoms with Crippen LogP contribution in [0.2, 0.25) is 0 Å². The Hall–Kier alpha value is -1.80. The van der Waals surface area contributed by atoms with Crippen molar-refractivity contribution in [3.05, 3.63) is 65.7 Å². The molecule has 2 heteroatoms. The lowest BCUT2D eigenvalue weighted by atomic mass is 10.0. The van der Waals surface area contributed by atoms with Crippen molar-refractivity contribution in [1.29, 1.82) is 0 Å². The highest BCUT2D eigenvalue weighted by Crippen LogP contribution is 2.34. The van der Waals surface area contributed by atoms with Crippen LogP contribution in [0.3, 0.4) is 0 Å². The molecule has 2 nitrogen and oxygen atoms in total. The van der Waals surface area contributed by atoms with Crippen LogP contribution in [0, 0.1) is 0 Å². The van der Waals surface area contributed by atoms with Gasteiger partial charge in [0.05, 0.1) is 0 Å². The molecule has 0 aliphatic carbocycles. The monoisotopic (exact) mass is 252 g/mol. The third-order valence-corrected chi connectivity index (χ3v) is 3.77.